The van der Waals surface area contributed by atoms with Crippen molar-refractivity contribution in [2.75, 3.05) is 44.7 Å². The number of methoxy groups -OCH3 is 1. The Kier molecular flexibility index (Phi) is 9.00. The Morgan fingerprint density at radius 1 is 1.23 bits per heavy atom. The van der Waals surface area contributed by atoms with Gasteiger partial charge in [0.1, 0.15) is 5.82 Å². The van der Waals surface area contributed by atoms with Crippen molar-refractivity contribution in [1.82, 2.24) is 15.4 Å². The van der Waals surface area contributed by atoms with E-state index in [4.69, 9.17) is 9.26 Å². The highest BCUT2D eigenvalue weighted by atomic mass is 19.1. The number of carbonyl (C=O) groups excluding carboxylic acids is 1. The number of halogens is 1. The number of ether oxygens (including phenoxy) is 1. The van der Waals surface area contributed by atoms with Gasteiger partial charge in [-0.05, 0) is 69.5 Å². The third-order valence-corrected chi connectivity index (χ3v) is 7.83. The zero-order valence-corrected chi connectivity index (χ0v) is 21.5. The minimum atomic E-state index is -0.256. The number of aromatic nitrogens is 1. The van der Waals surface area contributed by atoms with Crippen LogP contribution >= 0.6 is 0 Å². The summed E-state index contributed by atoms with van der Waals surface area (Å²) in [6.45, 7) is 8.81. The van der Waals surface area contributed by atoms with E-state index in [1.807, 2.05) is 6.07 Å². The van der Waals surface area contributed by atoms with Crippen LogP contribution in [0.5, 0.6) is 0 Å². The maximum atomic E-state index is 13.8. The number of hydrogen-bond donors (Lipinski definition) is 1. The first-order valence-electron chi connectivity index (χ1n) is 13.3. The summed E-state index contributed by atoms with van der Waals surface area (Å²) in [5, 5.41) is 8.36. The van der Waals surface area contributed by atoms with Gasteiger partial charge in [0.2, 0.25) is 5.91 Å². The van der Waals surface area contributed by atoms with Crippen LogP contribution in [0.3, 0.4) is 0 Å². The molecule has 1 aromatic heterocycles. The van der Waals surface area contributed by atoms with Gasteiger partial charge < -0.3 is 19.5 Å². The Labute approximate surface area is 208 Å². The first-order valence-corrected chi connectivity index (χ1v) is 13.3. The van der Waals surface area contributed by atoms with Gasteiger partial charge in [-0.25, -0.2) is 4.39 Å². The number of amides is 1. The Balaban J connectivity index is 1.15. The lowest BCUT2D eigenvalue weighted by atomic mass is 9.84. The standard InChI is InChI=1S/C27H41FN4O3/c1-4-5-22(34-3)17-26(33)29-21-8-6-20(7-9-21)10-11-31-12-14-32(15-13-31)27-23-16-19(2)24(28)18-25(23)35-30-27/h16,18,20-22H,4-15,17H2,1-3H3,(H,29,33). The van der Waals surface area contributed by atoms with Gasteiger partial charge in [-0.1, -0.05) is 18.5 Å². The second-order valence-electron chi connectivity index (χ2n) is 10.4. The first kappa shape index (κ1) is 25.9. The molecular formula is C27H41FN4O3. The summed E-state index contributed by atoms with van der Waals surface area (Å²) in [5.41, 5.74) is 1.13. The largest absolute Gasteiger partial charge is 0.381 e. The second kappa shape index (κ2) is 12.2. The smallest absolute Gasteiger partial charge is 0.222 e. The number of fused-ring (bicyclic) bond motifs is 1. The Hall–Kier alpha value is -2.19. The molecule has 0 radical (unpaired) electrons. The predicted octanol–water partition coefficient (Wildman–Crippen LogP) is 4.67. The van der Waals surface area contributed by atoms with Crippen LogP contribution in [0.4, 0.5) is 10.2 Å². The number of carbonyl (C=O) groups is 1. The van der Waals surface area contributed by atoms with Gasteiger partial charge in [0.05, 0.1) is 17.9 Å². The summed E-state index contributed by atoms with van der Waals surface area (Å²) in [4.78, 5) is 17.1. The van der Waals surface area contributed by atoms with Gasteiger partial charge in [0.25, 0.3) is 0 Å². The van der Waals surface area contributed by atoms with Crippen molar-refractivity contribution in [2.24, 2.45) is 5.92 Å². The first-order chi connectivity index (χ1) is 17.0. The van der Waals surface area contributed by atoms with Crippen molar-refractivity contribution in [3.05, 3.63) is 23.5 Å². The average molecular weight is 489 g/mol. The number of piperazine rings is 1. The molecule has 2 aliphatic rings. The number of anilines is 1. The van der Waals surface area contributed by atoms with Gasteiger partial charge >= 0.3 is 0 Å². The van der Waals surface area contributed by atoms with E-state index in [9.17, 15) is 9.18 Å². The second-order valence-corrected chi connectivity index (χ2v) is 10.4. The van der Waals surface area contributed by atoms with Crippen molar-refractivity contribution in [3.63, 3.8) is 0 Å². The molecule has 2 fully saturated rings. The number of rotatable bonds is 10. The lowest BCUT2D eigenvalue weighted by Gasteiger charge is -2.36. The van der Waals surface area contributed by atoms with Crippen LogP contribution < -0.4 is 10.2 Å². The van der Waals surface area contributed by atoms with Crippen LogP contribution in [0, 0.1) is 18.7 Å². The molecule has 1 unspecified atom stereocenters. The molecule has 1 atom stereocenters. The van der Waals surface area contributed by atoms with Gasteiger partial charge in [0.15, 0.2) is 11.4 Å². The van der Waals surface area contributed by atoms with Crippen LogP contribution in [-0.4, -0.2) is 67.9 Å². The van der Waals surface area contributed by atoms with Gasteiger partial charge in [-0.3, -0.25) is 9.69 Å². The molecule has 7 nitrogen and oxygen atoms in total. The lowest BCUT2D eigenvalue weighted by molar-refractivity contribution is -0.124. The summed E-state index contributed by atoms with van der Waals surface area (Å²) < 4.78 is 24.6. The molecule has 1 aliphatic carbocycles. The number of hydrogen-bond acceptors (Lipinski definition) is 6. The third-order valence-electron chi connectivity index (χ3n) is 7.83. The van der Waals surface area contributed by atoms with Gasteiger partial charge in [-0.15, -0.1) is 0 Å². The molecule has 1 aromatic carbocycles. The molecule has 1 saturated carbocycles. The molecule has 0 spiro atoms. The fourth-order valence-corrected chi connectivity index (χ4v) is 5.55. The highest BCUT2D eigenvalue weighted by molar-refractivity contribution is 5.89. The van der Waals surface area contributed by atoms with E-state index in [1.165, 1.54) is 25.3 Å². The maximum Gasteiger partial charge on any atom is 0.222 e. The number of nitrogens with one attached hydrogen (secondary N) is 1. The van der Waals surface area contributed by atoms with Crippen molar-refractivity contribution in [3.8, 4) is 0 Å². The molecule has 1 amide bonds. The Bertz CT molecular complexity index is 965. The fraction of sp³-hybridized carbons (Fsp3) is 0.704. The van der Waals surface area contributed by atoms with E-state index < -0.39 is 0 Å². The van der Waals surface area contributed by atoms with Crippen LogP contribution in [0.15, 0.2) is 16.7 Å². The molecule has 0 bridgehead atoms. The molecule has 4 rings (SSSR count). The van der Waals surface area contributed by atoms with Crippen LogP contribution in [0.25, 0.3) is 11.0 Å². The molecule has 2 heterocycles. The summed E-state index contributed by atoms with van der Waals surface area (Å²) in [7, 11) is 1.69. The average Bonchev–Trinajstić information content (AvgIpc) is 3.26. The van der Waals surface area contributed by atoms with Crippen molar-refractivity contribution in [2.45, 2.75) is 77.4 Å². The highest BCUT2D eigenvalue weighted by Gasteiger charge is 2.26. The summed E-state index contributed by atoms with van der Waals surface area (Å²) >= 11 is 0. The Morgan fingerprint density at radius 3 is 2.66 bits per heavy atom. The zero-order chi connectivity index (χ0) is 24.8. The molecular weight excluding hydrogens is 447 g/mol. The topological polar surface area (TPSA) is 70.8 Å². The van der Waals surface area contributed by atoms with Crippen molar-refractivity contribution < 1.29 is 18.4 Å². The molecule has 1 N–H and O–H groups in total. The van der Waals surface area contributed by atoms with E-state index >= 15 is 0 Å². The SMILES string of the molecule is CCCC(CC(=O)NC1CCC(CCN2CCN(c3noc4cc(F)c(C)cc34)CC2)CC1)OC. The lowest BCUT2D eigenvalue weighted by Crippen LogP contribution is -2.47. The number of nitrogens with zero attached hydrogens (tertiary/aromatic N) is 3. The van der Waals surface area contributed by atoms with Crippen molar-refractivity contribution in [1.29, 1.82) is 0 Å². The van der Waals surface area contributed by atoms with Crippen LogP contribution in [-0.2, 0) is 9.53 Å². The number of benzene rings is 1. The molecule has 35 heavy (non-hydrogen) atoms. The van der Waals surface area contributed by atoms with E-state index in [0.29, 0.717) is 23.6 Å². The third kappa shape index (κ3) is 6.73. The summed E-state index contributed by atoms with van der Waals surface area (Å²) in [5.74, 6) is 1.44. The monoisotopic (exact) mass is 488 g/mol. The summed E-state index contributed by atoms with van der Waals surface area (Å²) in [6, 6.07) is 3.58. The highest BCUT2D eigenvalue weighted by Crippen LogP contribution is 2.30. The Morgan fingerprint density at radius 2 is 1.97 bits per heavy atom. The summed E-state index contributed by atoms with van der Waals surface area (Å²) in [6.07, 6.45) is 8.22. The molecule has 1 aliphatic heterocycles. The van der Waals surface area contributed by atoms with Crippen LogP contribution in [0.1, 0.15) is 63.9 Å². The number of aryl methyl sites for hydroxylation is 1. The minimum Gasteiger partial charge on any atom is -0.381 e. The van der Waals surface area contributed by atoms with Gasteiger partial charge in [-0.2, -0.15) is 0 Å². The molecule has 8 heteroatoms. The minimum absolute atomic E-state index is 0.0342. The zero-order valence-electron chi connectivity index (χ0n) is 21.5. The van der Waals surface area contributed by atoms with E-state index in [2.05, 4.69) is 27.2 Å². The predicted molar refractivity (Wildman–Crippen MR) is 136 cm³/mol. The fourth-order valence-electron chi connectivity index (χ4n) is 5.55. The van der Waals surface area contributed by atoms with E-state index in [0.717, 1.165) is 75.5 Å². The van der Waals surface area contributed by atoms with E-state index in [-0.39, 0.29) is 17.8 Å². The van der Waals surface area contributed by atoms with E-state index in [1.54, 1.807) is 14.0 Å². The van der Waals surface area contributed by atoms with Crippen molar-refractivity contribution >= 4 is 22.7 Å². The quantitative estimate of drug-likeness (QED) is 0.524. The van der Waals surface area contributed by atoms with Crippen LogP contribution in [0.2, 0.25) is 0 Å². The normalized spacial score (nSPS) is 22.5. The molecule has 194 valence electrons. The van der Waals surface area contributed by atoms with Gasteiger partial charge in [0, 0.05) is 45.4 Å². The molecule has 1 saturated heterocycles. The molecule has 2 aromatic rings. The maximum absolute atomic E-state index is 13.8.